The number of amides is 2. The third kappa shape index (κ3) is 2.91. The minimum Gasteiger partial charge on any atom is -0.360 e. The Kier molecular flexibility index (Phi) is 4.26. The van der Waals surface area contributed by atoms with Crippen molar-refractivity contribution in [3.05, 3.63) is 59.0 Å². The average Bonchev–Trinajstić information content (AvgIpc) is 3.24. The number of nitrogens with one attached hydrogen (secondary N) is 1. The van der Waals surface area contributed by atoms with Gasteiger partial charge in [0.25, 0.3) is 11.8 Å². The van der Waals surface area contributed by atoms with Crippen LogP contribution >= 0.6 is 0 Å². The predicted molar refractivity (Wildman–Crippen MR) is 105 cm³/mol. The van der Waals surface area contributed by atoms with Gasteiger partial charge in [0.15, 0.2) is 0 Å². The summed E-state index contributed by atoms with van der Waals surface area (Å²) in [6, 6.07) is 9.76. The second-order valence-electron chi connectivity index (χ2n) is 7.18. The van der Waals surface area contributed by atoms with Crippen LogP contribution in [-0.2, 0) is 7.05 Å². The summed E-state index contributed by atoms with van der Waals surface area (Å²) < 4.78 is 2.03. The summed E-state index contributed by atoms with van der Waals surface area (Å²) in [5, 5.41) is 0.941. The zero-order valence-electron chi connectivity index (χ0n) is 16.0. The number of H-pyrrole nitrogens is 1. The molecule has 1 aromatic carbocycles. The van der Waals surface area contributed by atoms with E-state index in [2.05, 4.69) is 4.98 Å². The molecule has 1 N–H and O–H groups in total. The van der Waals surface area contributed by atoms with Gasteiger partial charge in [-0.2, -0.15) is 0 Å². The Balaban J connectivity index is 1.46. The fraction of sp³-hybridized carbons (Fsp3) is 0.333. The highest BCUT2D eigenvalue weighted by Crippen LogP contribution is 2.21. The molecule has 1 aliphatic heterocycles. The van der Waals surface area contributed by atoms with Crippen molar-refractivity contribution >= 4 is 22.7 Å². The van der Waals surface area contributed by atoms with Crippen LogP contribution in [0.25, 0.3) is 10.9 Å². The number of carbonyl (C=O) groups excluding carboxylic acids is 2. The Morgan fingerprint density at radius 3 is 2.11 bits per heavy atom. The molecule has 0 saturated carbocycles. The number of carbonyl (C=O) groups is 2. The number of fused-ring (bicyclic) bond motifs is 1. The molecular formula is C21H24N4O2. The van der Waals surface area contributed by atoms with Crippen LogP contribution in [0, 0.1) is 13.8 Å². The van der Waals surface area contributed by atoms with Gasteiger partial charge in [-0.25, -0.2) is 0 Å². The Morgan fingerprint density at radius 1 is 0.926 bits per heavy atom. The number of hydrogen-bond acceptors (Lipinski definition) is 2. The third-order valence-corrected chi connectivity index (χ3v) is 5.68. The Labute approximate surface area is 158 Å². The highest BCUT2D eigenvalue weighted by molar-refractivity contribution is 6.06. The SMILES string of the molecule is Cc1cc(C(=O)N2CCN(C(=O)c3c[nH]c4ccccc34)CC2)c(C)n1C. The van der Waals surface area contributed by atoms with E-state index in [1.807, 2.05) is 65.6 Å². The van der Waals surface area contributed by atoms with Crippen LogP contribution in [0.4, 0.5) is 0 Å². The molecule has 6 heteroatoms. The predicted octanol–water partition coefficient (Wildman–Crippen LogP) is 2.72. The van der Waals surface area contributed by atoms with Crippen LogP contribution in [0.2, 0.25) is 0 Å². The molecule has 0 aliphatic carbocycles. The molecule has 27 heavy (non-hydrogen) atoms. The minimum absolute atomic E-state index is 0.0197. The molecule has 140 valence electrons. The number of benzene rings is 1. The van der Waals surface area contributed by atoms with Crippen molar-refractivity contribution in [2.45, 2.75) is 13.8 Å². The number of piperazine rings is 1. The maximum atomic E-state index is 12.9. The standard InChI is InChI=1S/C21H24N4O2/c1-14-12-17(15(2)23(14)3)20(26)24-8-10-25(11-9-24)21(27)18-13-22-19-7-5-4-6-16(18)19/h4-7,12-13,22H,8-11H2,1-3H3. The maximum absolute atomic E-state index is 12.9. The maximum Gasteiger partial charge on any atom is 0.256 e. The first-order valence-electron chi connectivity index (χ1n) is 9.25. The van der Waals surface area contributed by atoms with Crippen LogP contribution in [-0.4, -0.2) is 57.3 Å². The van der Waals surface area contributed by atoms with Gasteiger partial charge in [0, 0.05) is 61.7 Å². The van der Waals surface area contributed by atoms with Crippen LogP contribution in [0.15, 0.2) is 36.5 Å². The van der Waals surface area contributed by atoms with Crippen molar-refractivity contribution in [2.24, 2.45) is 7.05 Å². The third-order valence-electron chi connectivity index (χ3n) is 5.68. The first kappa shape index (κ1) is 17.4. The lowest BCUT2D eigenvalue weighted by atomic mass is 10.1. The molecule has 3 heterocycles. The zero-order valence-corrected chi connectivity index (χ0v) is 16.0. The molecule has 2 aromatic heterocycles. The van der Waals surface area contributed by atoms with Crippen molar-refractivity contribution in [1.82, 2.24) is 19.4 Å². The van der Waals surface area contributed by atoms with E-state index < -0.39 is 0 Å². The van der Waals surface area contributed by atoms with E-state index in [1.54, 1.807) is 6.20 Å². The van der Waals surface area contributed by atoms with Crippen molar-refractivity contribution in [2.75, 3.05) is 26.2 Å². The summed E-state index contributed by atoms with van der Waals surface area (Å²) in [7, 11) is 1.97. The second kappa shape index (κ2) is 6.61. The molecule has 1 aliphatic rings. The van der Waals surface area contributed by atoms with Gasteiger partial charge >= 0.3 is 0 Å². The van der Waals surface area contributed by atoms with Gasteiger partial charge < -0.3 is 19.4 Å². The average molecular weight is 364 g/mol. The molecule has 1 fully saturated rings. The van der Waals surface area contributed by atoms with E-state index in [-0.39, 0.29) is 11.8 Å². The van der Waals surface area contributed by atoms with Gasteiger partial charge in [-0.1, -0.05) is 18.2 Å². The molecule has 3 aromatic rings. The monoisotopic (exact) mass is 364 g/mol. The molecule has 0 bridgehead atoms. The number of para-hydroxylation sites is 1. The molecule has 0 spiro atoms. The van der Waals surface area contributed by atoms with Crippen molar-refractivity contribution in [3.63, 3.8) is 0 Å². The number of aromatic amines is 1. The first-order chi connectivity index (χ1) is 13.0. The Morgan fingerprint density at radius 2 is 1.52 bits per heavy atom. The van der Waals surface area contributed by atoms with Gasteiger partial charge in [-0.05, 0) is 26.0 Å². The Bertz CT molecular complexity index is 1020. The van der Waals surface area contributed by atoms with E-state index in [1.165, 1.54) is 0 Å². The van der Waals surface area contributed by atoms with Gasteiger partial charge in [-0.15, -0.1) is 0 Å². The van der Waals surface area contributed by atoms with Crippen LogP contribution in [0.3, 0.4) is 0 Å². The lowest BCUT2D eigenvalue weighted by Crippen LogP contribution is -2.50. The molecule has 6 nitrogen and oxygen atoms in total. The lowest BCUT2D eigenvalue weighted by molar-refractivity contribution is 0.0536. The van der Waals surface area contributed by atoms with Crippen molar-refractivity contribution in [1.29, 1.82) is 0 Å². The van der Waals surface area contributed by atoms with E-state index in [0.717, 1.165) is 27.9 Å². The molecule has 2 amide bonds. The highest BCUT2D eigenvalue weighted by Gasteiger charge is 2.28. The fourth-order valence-corrected chi connectivity index (χ4v) is 3.77. The van der Waals surface area contributed by atoms with Gasteiger partial charge in [-0.3, -0.25) is 9.59 Å². The van der Waals surface area contributed by atoms with E-state index in [0.29, 0.717) is 31.7 Å². The molecular weight excluding hydrogens is 340 g/mol. The summed E-state index contributed by atoms with van der Waals surface area (Å²) in [5.41, 5.74) is 4.47. The Hall–Kier alpha value is -3.02. The quantitative estimate of drug-likeness (QED) is 0.760. The van der Waals surface area contributed by atoms with E-state index >= 15 is 0 Å². The number of nitrogens with zero attached hydrogens (tertiary/aromatic N) is 3. The fourth-order valence-electron chi connectivity index (χ4n) is 3.77. The number of aryl methyl sites for hydroxylation is 1. The topological polar surface area (TPSA) is 61.3 Å². The van der Waals surface area contributed by atoms with Gasteiger partial charge in [0.05, 0.1) is 11.1 Å². The van der Waals surface area contributed by atoms with Crippen LogP contribution < -0.4 is 0 Å². The first-order valence-corrected chi connectivity index (χ1v) is 9.25. The second-order valence-corrected chi connectivity index (χ2v) is 7.18. The minimum atomic E-state index is 0.0197. The van der Waals surface area contributed by atoms with Crippen LogP contribution in [0.1, 0.15) is 32.1 Å². The molecule has 4 rings (SSSR count). The summed E-state index contributed by atoms with van der Waals surface area (Å²) in [4.78, 5) is 32.6. The van der Waals surface area contributed by atoms with Crippen molar-refractivity contribution in [3.8, 4) is 0 Å². The number of aromatic nitrogens is 2. The highest BCUT2D eigenvalue weighted by atomic mass is 16.2. The van der Waals surface area contributed by atoms with E-state index in [4.69, 9.17) is 0 Å². The smallest absolute Gasteiger partial charge is 0.256 e. The van der Waals surface area contributed by atoms with Crippen LogP contribution in [0.5, 0.6) is 0 Å². The molecule has 1 saturated heterocycles. The molecule has 0 radical (unpaired) electrons. The largest absolute Gasteiger partial charge is 0.360 e. The number of hydrogen-bond donors (Lipinski definition) is 1. The summed E-state index contributed by atoms with van der Waals surface area (Å²) in [5.74, 6) is 0.0710. The molecule has 0 unspecified atom stereocenters. The molecule has 0 atom stereocenters. The lowest BCUT2D eigenvalue weighted by Gasteiger charge is -2.34. The van der Waals surface area contributed by atoms with Gasteiger partial charge in [0.1, 0.15) is 0 Å². The number of rotatable bonds is 2. The van der Waals surface area contributed by atoms with E-state index in [9.17, 15) is 9.59 Å². The van der Waals surface area contributed by atoms with Gasteiger partial charge in [0.2, 0.25) is 0 Å². The normalized spacial score (nSPS) is 14.8. The summed E-state index contributed by atoms with van der Waals surface area (Å²) in [6.45, 7) is 6.18. The summed E-state index contributed by atoms with van der Waals surface area (Å²) >= 11 is 0. The van der Waals surface area contributed by atoms with Crippen molar-refractivity contribution < 1.29 is 9.59 Å². The summed E-state index contributed by atoms with van der Waals surface area (Å²) in [6.07, 6.45) is 1.78. The zero-order chi connectivity index (χ0) is 19.1.